The van der Waals surface area contributed by atoms with Crippen LogP contribution in [0.25, 0.3) is 0 Å². The Kier molecular flexibility index (Phi) is 2.65. The Morgan fingerprint density at radius 3 is 2.87 bits per heavy atom. The standard InChI is InChI=1S/C10H12O4S/c11-9(10-2-1-4-14-10)6-8-3-5-15(12,13)7-8/h1-2,4,8H,3,5-7H2. The van der Waals surface area contributed by atoms with E-state index in [1.54, 1.807) is 12.1 Å². The maximum atomic E-state index is 11.6. The number of furan rings is 1. The van der Waals surface area contributed by atoms with Crippen LogP contribution in [-0.2, 0) is 9.84 Å². The summed E-state index contributed by atoms with van der Waals surface area (Å²) in [6, 6.07) is 3.25. The monoisotopic (exact) mass is 228 g/mol. The van der Waals surface area contributed by atoms with E-state index in [1.165, 1.54) is 6.26 Å². The Balaban J connectivity index is 1.97. The van der Waals surface area contributed by atoms with Gasteiger partial charge in [-0.1, -0.05) is 0 Å². The summed E-state index contributed by atoms with van der Waals surface area (Å²) in [5.41, 5.74) is 0. The number of sulfone groups is 1. The molecular weight excluding hydrogens is 216 g/mol. The van der Waals surface area contributed by atoms with Gasteiger partial charge in [-0.3, -0.25) is 4.79 Å². The molecule has 0 aromatic carbocycles. The molecular formula is C10H12O4S. The van der Waals surface area contributed by atoms with Gasteiger partial charge in [0.05, 0.1) is 17.8 Å². The number of ketones is 1. The van der Waals surface area contributed by atoms with Crippen molar-refractivity contribution in [1.82, 2.24) is 0 Å². The van der Waals surface area contributed by atoms with Gasteiger partial charge < -0.3 is 4.42 Å². The number of carbonyl (C=O) groups excluding carboxylic acids is 1. The van der Waals surface area contributed by atoms with Crippen molar-refractivity contribution in [2.24, 2.45) is 5.92 Å². The predicted octanol–water partition coefficient (Wildman–Crippen LogP) is 1.29. The minimum atomic E-state index is -2.89. The summed E-state index contributed by atoms with van der Waals surface area (Å²) in [6.07, 6.45) is 2.31. The molecule has 1 fully saturated rings. The van der Waals surface area contributed by atoms with E-state index >= 15 is 0 Å². The van der Waals surface area contributed by atoms with Gasteiger partial charge in [-0.2, -0.15) is 0 Å². The van der Waals surface area contributed by atoms with Crippen molar-refractivity contribution in [3.05, 3.63) is 24.2 Å². The predicted molar refractivity (Wildman–Crippen MR) is 54.4 cm³/mol. The second-order valence-electron chi connectivity index (χ2n) is 3.87. The molecule has 1 aromatic heterocycles. The number of hydrogen-bond acceptors (Lipinski definition) is 4. The lowest BCUT2D eigenvalue weighted by molar-refractivity contribution is 0.0938. The summed E-state index contributed by atoms with van der Waals surface area (Å²) < 4.78 is 27.3. The largest absolute Gasteiger partial charge is 0.461 e. The number of Topliss-reactive ketones (excluding diaryl/α,β-unsaturated/α-hetero) is 1. The van der Waals surface area contributed by atoms with E-state index in [1.807, 2.05) is 0 Å². The molecule has 0 saturated carbocycles. The lowest BCUT2D eigenvalue weighted by Crippen LogP contribution is -2.10. The average molecular weight is 228 g/mol. The second-order valence-corrected chi connectivity index (χ2v) is 6.10. The molecule has 2 heterocycles. The number of rotatable bonds is 3. The Morgan fingerprint density at radius 1 is 1.53 bits per heavy atom. The van der Waals surface area contributed by atoms with Crippen molar-refractivity contribution in [3.63, 3.8) is 0 Å². The van der Waals surface area contributed by atoms with E-state index in [2.05, 4.69) is 0 Å². The fraction of sp³-hybridized carbons (Fsp3) is 0.500. The van der Waals surface area contributed by atoms with Gasteiger partial charge in [-0.25, -0.2) is 8.42 Å². The van der Waals surface area contributed by atoms with Crippen LogP contribution in [0.5, 0.6) is 0 Å². The zero-order valence-electron chi connectivity index (χ0n) is 8.18. The van der Waals surface area contributed by atoms with E-state index < -0.39 is 9.84 Å². The molecule has 4 nitrogen and oxygen atoms in total. The van der Waals surface area contributed by atoms with Crippen LogP contribution in [0.2, 0.25) is 0 Å². The lowest BCUT2D eigenvalue weighted by atomic mass is 10.0. The smallest absolute Gasteiger partial charge is 0.198 e. The molecule has 0 spiro atoms. The molecule has 0 bridgehead atoms. The number of carbonyl (C=O) groups is 1. The van der Waals surface area contributed by atoms with Crippen LogP contribution in [0.1, 0.15) is 23.4 Å². The third kappa shape index (κ3) is 2.47. The summed E-state index contributed by atoms with van der Waals surface area (Å²) in [7, 11) is -2.89. The number of hydrogen-bond donors (Lipinski definition) is 0. The van der Waals surface area contributed by atoms with Gasteiger partial charge in [-0.15, -0.1) is 0 Å². The molecule has 0 radical (unpaired) electrons. The topological polar surface area (TPSA) is 64.3 Å². The van der Waals surface area contributed by atoms with E-state index in [4.69, 9.17) is 4.42 Å². The van der Waals surface area contributed by atoms with Crippen molar-refractivity contribution in [2.45, 2.75) is 12.8 Å². The van der Waals surface area contributed by atoms with Gasteiger partial charge in [0, 0.05) is 6.42 Å². The third-order valence-corrected chi connectivity index (χ3v) is 4.43. The SMILES string of the molecule is O=C(CC1CCS(=O)(=O)C1)c1ccco1. The van der Waals surface area contributed by atoms with Gasteiger partial charge in [0.1, 0.15) is 0 Å². The van der Waals surface area contributed by atoms with Crippen LogP contribution in [0.15, 0.2) is 22.8 Å². The summed E-state index contributed by atoms with van der Waals surface area (Å²) in [4.78, 5) is 11.6. The fourth-order valence-corrected chi connectivity index (χ4v) is 3.69. The molecule has 1 atom stereocenters. The molecule has 82 valence electrons. The fourth-order valence-electron chi connectivity index (χ4n) is 1.83. The lowest BCUT2D eigenvalue weighted by Gasteiger charge is -2.03. The first-order valence-corrected chi connectivity index (χ1v) is 6.66. The highest BCUT2D eigenvalue weighted by atomic mass is 32.2. The van der Waals surface area contributed by atoms with Crippen LogP contribution in [0, 0.1) is 5.92 Å². The summed E-state index contributed by atoms with van der Waals surface area (Å²) >= 11 is 0. The Bertz CT molecular complexity index is 444. The molecule has 1 aliphatic rings. The highest BCUT2D eigenvalue weighted by molar-refractivity contribution is 7.91. The first kappa shape index (κ1) is 10.4. The van der Waals surface area contributed by atoms with Crippen LogP contribution < -0.4 is 0 Å². The molecule has 0 aliphatic carbocycles. The van der Waals surface area contributed by atoms with Gasteiger partial charge in [0.15, 0.2) is 21.4 Å². The summed E-state index contributed by atoms with van der Waals surface area (Å²) in [5.74, 6) is 0.525. The minimum Gasteiger partial charge on any atom is -0.461 e. The first-order valence-electron chi connectivity index (χ1n) is 4.84. The van der Waals surface area contributed by atoms with Gasteiger partial charge in [0.25, 0.3) is 0 Å². The zero-order chi connectivity index (χ0) is 10.9. The van der Waals surface area contributed by atoms with E-state index in [0.717, 1.165) is 0 Å². The maximum absolute atomic E-state index is 11.6. The third-order valence-electron chi connectivity index (χ3n) is 2.60. The molecule has 5 heteroatoms. The second kappa shape index (κ2) is 3.81. The molecule has 1 unspecified atom stereocenters. The molecule has 1 aromatic rings. The van der Waals surface area contributed by atoms with Crippen LogP contribution >= 0.6 is 0 Å². The van der Waals surface area contributed by atoms with Crippen molar-refractivity contribution in [2.75, 3.05) is 11.5 Å². The van der Waals surface area contributed by atoms with Crippen molar-refractivity contribution in [3.8, 4) is 0 Å². The quantitative estimate of drug-likeness (QED) is 0.731. The molecule has 15 heavy (non-hydrogen) atoms. The van der Waals surface area contributed by atoms with E-state index in [0.29, 0.717) is 12.2 Å². The first-order chi connectivity index (χ1) is 7.07. The Morgan fingerprint density at radius 2 is 2.33 bits per heavy atom. The highest BCUT2D eigenvalue weighted by Crippen LogP contribution is 2.23. The van der Waals surface area contributed by atoms with Gasteiger partial charge in [-0.05, 0) is 24.5 Å². The molecule has 1 saturated heterocycles. The normalized spacial score (nSPS) is 24.1. The van der Waals surface area contributed by atoms with E-state index in [9.17, 15) is 13.2 Å². The molecule has 2 rings (SSSR count). The molecule has 0 N–H and O–H groups in total. The highest BCUT2D eigenvalue weighted by Gasteiger charge is 2.30. The maximum Gasteiger partial charge on any atom is 0.198 e. The van der Waals surface area contributed by atoms with Crippen LogP contribution in [0.3, 0.4) is 0 Å². The van der Waals surface area contributed by atoms with Gasteiger partial charge >= 0.3 is 0 Å². The van der Waals surface area contributed by atoms with E-state index in [-0.39, 0.29) is 29.6 Å². The van der Waals surface area contributed by atoms with Crippen molar-refractivity contribution >= 4 is 15.6 Å². The summed E-state index contributed by atoms with van der Waals surface area (Å²) in [6.45, 7) is 0. The van der Waals surface area contributed by atoms with Crippen LogP contribution in [-0.4, -0.2) is 25.7 Å². The average Bonchev–Trinajstić information content (AvgIpc) is 2.74. The van der Waals surface area contributed by atoms with Crippen molar-refractivity contribution in [1.29, 1.82) is 0 Å². The zero-order valence-corrected chi connectivity index (χ0v) is 9.00. The minimum absolute atomic E-state index is 0.0346. The summed E-state index contributed by atoms with van der Waals surface area (Å²) in [5, 5.41) is 0. The molecule has 0 amide bonds. The Labute approximate surface area is 88.2 Å². The van der Waals surface area contributed by atoms with Crippen LogP contribution in [0.4, 0.5) is 0 Å². The molecule has 1 aliphatic heterocycles. The van der Waals surface area contributed by atoms with Gasteiger partial charge in [0.2, 0.25) is 0 Å². The Hall–Kier alpha value is -1.10. The van der Waals surface area contributed by atoms with Crippen molar-refractivity contribution < 1.29 is 17.6 Å².